The molecule has 0 radical (unpaired) electrons. The number of aromatic amines is 1. The van der Waals surface area contributed by atoms with Crippen LogP contribution in [-0.2, 0) is 9.53 Å². The van der Waals surface area contributed by atoms with Gasteiger partial charge in [0.25, 0.3) is 0 Å². The Bertz CT molecular complexity index is 991. The first kappa shape index (κ1) is 18.3. The Morgan fingerprint density at radius 1 is 1.15 bits per heavy atom. The molecule has 0 bridgehead atoms. The Hall–Kier alpha value is -3.48. The van der Waals surface area contributed by atoms with Gasteiger partial charge in [-0.25, -0.2) is 9.59 Å². The van der Waals surface area contributed by atoms with Gasteiger partial charge in [-0.3, -0.25) is 0 Å². The molecule has 0 saturated carbocycles. The molecular formula is C20H19NO6. The van der Waals surface area contributed by atoms with Crippen molar-refractivity contribution < 1.29 is 28.9 Å². The number of para-hydroxylation sites is 1. The number of hydrogen-bond acceptors (Lipinski definition) is 5. The van der Waals surface area contributed by atoms with Gasteiger partial charge in [0.05, 0.1) is 13.7 Å². The van der Waals surface area contributed by atoms with Crippen LogP contribution in [0.2, 0.25) is 0 Å². The maximum absolute atomic E-state index is 11.8. The topological polar surface area (TPSA) is 97.8 Å². The van der Waals surface area contributed by atoms with Crippen molar-refractivity contribution in [1.29, 1.82) is 0 Å². The second kappa shape index (κ2) is 7.82. The van der Waals surface area contributed by atoms with E-state index < -0.39 is 11.9 Å². The van der Waals surface area contributed by atoms with Gasteiger partial charge in [-0.15, -0.1) is 0 Å². The molecule has 0 aliphatic heterocycles. The molecule has 2 N–H and O–H groups in total. The molecule has 1 aromatic heterocycles. The van der Waals surface area contributed by atoms with Gasteiger partial charge in [0, 0.05) is 28.1 Å². The highest BCUT2D eigenvalue weighted by Crippen LogP contribution is 2.39. The zero-order valence-corrected chi connectivity index (χ0v) is 14.9. The molecule has 0 atom stereocenters. The van der Waals surface area contributed by atoms with E-state index in [1.165, 1.54) is 7.11 Å². The number of benzene rings is 2. The van der Waals surface area contributed by atoms with Crippen molar-refractivity contribution in [2.75, 3.05) is 20.3 Å². The summed E-state index contributed by atoms with van der Waals surface area (Å²) < 4.78 is 15.8. The number of aromatic carboxylic acids is 1. The van der Waals surface area contributed by atoms with E-state index in [9.17, 15) is 14.7 Å². The average Bonchev–Trinajstić information content (AvgIpc) is 3.06. The molecule has 0 saturated heterocycles. The van der Waals surface area contributed by atoms with Gasteiger partial charge in [0.1, 0.15) is 17.2 Å². The van der Waals surface area contributed by atoms with Gasteiger partial charge in [-0.05, 0) is 25.1 Å². The van der Waals surface area contributed by atoms with Crippen LogP contribution in [0.3, 0.4) is 0 Å². The van der Waals surface area contributed by atoms with Crippen molar-refractivity contribution in [2.45, 2.75) is 6.92 Å². The number of esters is 1. The predicted molar refractivity (Wildman–Crippen MR) is 99.4 cm³/mol. The molecule has 0 aliphatic rings. The summed E-state index contributed by atoms with van der Waals surface area (Å²) in [7, 11) is 1.51. The molecule has 7 nitrogen and oxygen atoms in total. The van der Waals surface area contributed by atoms with E-state index in [1.54, 1.807) is 31.2 Å². The van der Waals surface area contributed by atoms with Gasteiger partial charge in [-0.1, -0.05) is 18.2 Å². The fraction of sp³-hybridized carbons (Fsp3) is 0.200. The highest BCUT2D eigenvalue weighted by Gasteiger charge is 2.22. The van der Waals surface area contributed by atoms with Crippen LogP contribution in [0, 0.1) is 0 Å². The minimum atomic E-state index is -1.09. The highest BCUT2D eigenvalue weighted by molar-refractivity contribution is 6.08. The number of carbonyl (C=O) groups is 2. The van der Waals surface area contributed by atoms with Gasteiger partial charge in [-0.2, -0.15) is 0 Å². The standard InChI is InChI=1S/C20H19NO6/c1-3-26-17(22)11-27-16-10-12(25-2)8-9-14(16)18-13-6-4-5-7-15(13)21-19(18)20(23)24/h4-10,21H,3,11H2,1-2H3,(H,23,24). The molecule has 7 heteroatoms. The number of carboxylic acids is 1. The SMILES string of the molecule is CCOC(=O)COc1cc(OC)ccc1-c1c(C(=O)O)[nH]c2ccccc12. The molecule has 0 spiro atoms. The van der Waals surface area contributed by atoms with Crippen LogP contribution in [0.1, 0.15) is 17.4 Å². The normalized spacial score (nSPS) is 10.6. The third-order valence-electron chi connectivity index (χ3n) is 4.03. The molecule has 2 aromatic carbocycles. The van der Waals surface area contributed by atoms with E-state index >= 15 is 0 Å². The third kappa shape index (κ3) is 3.72. The van der Waals surface area contributed by atoms with E-state index in [4.69, 9.17) is 14.2 Å². The van der Waals surface area contributed by atoms with Gasteiger partial charge < -0.3 is 24.3 Å². The molecule has 0 amide bonds. The van der Waals surface area contributed by atoms with Crippen molar-refractivity contribution in [3.8, 4) is 22.6 Å². The smallest absolute Gasteiger partial charge is 0.352 e. The summed E-state index contributed by atoms with van der Waals surface area (Å²) in [5, 5.41) is 10.4. The number of carboxylic acid groups (broad SMARTS) is 1. The van der Waals surface area contributed by atoms with Gasteiger partial charge >= 0.3 is 11.9 Å². The van der Waals surface area contributed by atoms with E-state index in [2.05, 4.69) is 4.98 Å². The summed E-state index contributed by atoms with van der Waals surface area (Å²) in [5.41, 5.74) is 1.76. The Morgan fingerprint density at radius 3 is 2.63 bits per heavy atom. The molecule has 0 unspecified atom stereocenters. The van der Waals surface area contributed by atoms with Crippen LogP contribution in [0.25, 0.3) is 22.0 Å². The Kier molecular flexibility index (Phi) is 5.30. The van der Waals surface area contributed by atoms with Crippen molar-refractivity contribution in [3.05, 3.63) is 48.2 Å². The monoisotopic (exact) mass is 369 g/mol. The maximum atomic E-state index is 11.8. The molecule has 0 fully saturated rings. The van der Waals surface area contributed by atoms with Crippen molar-refractivity contribution in [2.24, 2.45) is 0 Å². The van der Waals surface area contributed by atoms with E-state index in [0.717, 1.165) is 5.39 Å². The Labute approximate surface area is 155 Å². The van der Waals surface area contributed by atoms with Gasteiger partial charge in [0.2, 0.25) is 0 Å². The number of fused-ring (bicyclic) bond motifs is 1. The number of carbonyl (C=O) groups excluding carboxylic acids is 1. The summed E-state index contributed by atoms with van der Waals surface area (Å²) in [6.45, 7) is 1.66. The number of hydrogen-bond donors (Lipinski definition) is 2. The summed E-state index contributed by atoms with van der Waals surface area (Å²) in [4.78, 5) is 26.4. The maximum Gasteiger partial charge on any atom is 0.352 e. The van der Waals surface area contributed by atoms with Crippen LogP contribution in [-0.4, -0.2) is 42.4 Å². The number of ether oxygens (including phenoxy) is 3. The van der Waals surface area contributed by atoms with Crippen molar-refractivity contribution in [3.63, 3.8) is 0 Å². The minimum absolute atomic E-state index is 0.0438. The van der Waals surface area contributed by atoms with Crippen LogP contribution < -0.4 is 9.47 Å². The zero-order chi connectivity index (χ0) is 19.4. The van der Waals surface area contributed by atoms with Gasteiger partial charge in [0.15, 0.2) is 6.61 Å². The number of nitrogens with one attached hydrogen (secondary N) is 1. The van der Waals surface area contributed by atoms with Crippen molar-refractivity contribution in [1.82, 2.24) is 4.98 Å². The second-order valence-electron chi connectivity index (χ2n) is 5.68. The first-order valence-corrected chi connectivity index (χ1v) is 8.36. The third-order valence-corrected chi connectivity index (χ3v) is 4.03. The average molecular weight is 369 g/mol. The first-order valence-electron chi connectivity index (χ1n) is 8.36. The molecule has 0 aliphatic carbocycles. The lowest BCUT2D eigenvalue weighted by molar-refractivity contribution is -0.145. The Balaban J connectivity index is 2.13. The highest BCUT2D eigenvalue weighted by atomic mass is 16.6. The number of methoxy groups -OCH3 is 1. The molecule has 1 heterocycles. The fourth-order valence-electron chi connectivity index (χ4n) is 2.88. The summed E-state index contributed by atoms with van der Waals surface area (Å²) in [6, 6.07) is 12.3. The van der Waals surface area contributed by atoms with Crippen LogP contribution in [0.4, 0.5) is 0 Å². The molecule has 3 aromatic rings. The summed E-state index contributed by atoms with van der Waals surface area (Å²) >= 11 is 0. The summed E-state index contributed by atoms with van der Waals surface area (Å²) in [5.74, 6) is -0.749. The zero-order valence-electron chi connectivity index (χ0n) is 14.9. The predicted octanol–water partition coefficient (Wildman–Crippen LogP) is 3.48. The quantitative estimate of drug-likeness (QED) is 0.619. The second-order valence-corrected chi connectivity index (χ2v) is 5.68. The first-order chi connectivity index (χ1) is 13.0. The molecule has 140 valence electrons. The lowest BCUT2D eigenvalue weighted by atomic mass is 10.0. The minimum Gasteiger partial charge on any atom is -0.497 e. The van der Waals surface area contributed by atoms with Crippen LogP contribution in [0.15, 0.2) is 42.5 Å². The number of rotatable bonds is 7. The molecule has 27 heavy (non-hydrogen) atoms. The number of aromatic nitrogens is 1. The van der Waals surface area contributed by atoms with Crippen LogP contribution >= 0.6 is 0 Å². The Morgan fingerprint density at radius 2 is 1.93 bits per heavy atom. The van der Waals surface area contributed by atoms with E-state index in [0.29, 0.717) is 28.1 Å². The number of H-pyrrole nitrogens is 1. The van der Waals surface area contributed by atoms with Crippen LogP contribution in [0.5, 0.6) is 11.5 Å². The molecule has 3 rings (SSSR count). The summed E-state index contributed by atoms with van der Waals surface area (Å²) in [6.07, 6.45) is 0. The van der Waals surface area contributed by atoms with E-state index in [-0.39, 0.29) is 18.9 Å². The molecular weight excluding hydrogens is 350 g/mol. The lowest BCUT2D eigenvalue weighted by Gasteiger charge is -2.13. The van der Waals surface area contributed by atoms with E-state index in [1.807, 2.05) is 18.2 Å². The largest absolute Gasteiger partial charge is 0.497 e. The van der Waals surface area contributed by atoms with Crippen molar-refractivity contribution >= 4 is 22.8 Å². The lowest BCUT2D eigenvalue weighted by Crippen LogP contribution is -2.15. The fourth-order valence-corrected chi connectivity index (χ4v) is 2.88.